The topological polar surface area (TPSA) is 21.1 Å². The molecule has 1 saturated heterocycles. The van der Waals surface area contributed by atoms with Crippen molar-refractivity contribution in [2.45, 2.75) is 32.9 Å². The van der Waals surface area contributed by atoms with Crippen molar-refractivity contribution >= 4 is 0 Å². The van der Waals surface area contributed by atoms with Crippen LogP contribution in [0.2, 0.25) is 0 Å². The summed E-state index contributed by atoms with van der Waals surface area (Å²) < 4.78 is 28.5. The lowest BCUT2D eigenvalue weighted by molar-refractivity contribution is 0.313. The van der Waals surface area contributed by atoms with Gasteiger partial charge in [0, 0.05) is 31.9 Å². The zero-order valence-corrected chi connectivity index (χ0v) is 12.8. The predicted octanol–water partition coefficient (Wildman–Crippen LogP) is 3.25. The molecule has 0 saturated carbocycles. The van der Waals surface area contributed by atoms with E-state index in [1.807, 2.05) is 6.33 Å². The second kappa shape index (κ2) is 6.57. The smallest absolute Gasteiger partial charge is 0.126 e. The molecule has 0 aliphatic carbocycles. The Kier molecular flexibility index (Phi) is 4.52. The van der Waals surface area contributed by atoms with Gasteiger partial charge in [-0.1, -0.05) is 0 Å². The summed E-state index contributed by atoms with van der Waals surface area (Å²) in [5.41, 5.74) is 1.83. The number of aromatic nitrogens is 2. The van der Waals surface area contributed by atoms with Gasteiger partial charge in [0.15, 0.2) is 0 Å². The fourth-order valence-corrected chi connectivity index (χ4v) is 3.18. The van der Waals surface area contributed by atoms with Crippen LogP contribution in [-0.4, -0.2) is 27.5 Å². The van der Waals surface area contributed by atoms with Crippen molar-refractivity contribution in [2.75, 3.05) is 13.1 Å². The highest BCUT2D eigenvalue weighted by Gasteiger charge is 2.23. The largest absolute Gasteiger partial charge is 0.337 e. The Bertz CT molecular complexity index is 618. The van der Waals surface area contributed by atoms with E-state index in [4.69, 9.17) is 0 Å². The van der Waals surface area contributed by atoms with Gasteiger partial charge in [-0.3, -0.25) is 4.90 Å². The summed E-state index contributed by atoms with van der Waals surface area (Å²) in [4.78, 5) is 6.77. The van der Waals surface area contributed by atoms with Gasteiger partial charge in [0.25, 0.3) is 0 Å². The number of nitrogens with zero attached hydrogens (tertiary/aromatic N) is 3. The predicted molar refractivity (Wildman–Crippen MR) is 81.3 cm³/mol. The summed E-state index contributed by atoms with van der Waals surface area (Å²) in [5, 5.41) is 0. The van der Waals surface area contributed by atoms with E-state index in [-0.39, 0.29) is 0 Å². The molecule has 1 aliphatic heterocycles. The van der Waals surface area contributed by atoms with E-state index in [1.165, 1.54) is 12.1 Å². The molecule has 1 unspecified atom stereocenters. The van der Waals surface area contributed by atoms with Crippen LogP contribution in [0.4, 0.5) is 8.78 Å². The minimum Gasteiger partial charge on any atom is -0.337 e. The van der Waals surface area contributed by atoms with Gasteiger partial charge in [-0.15, -0.1) is 0 Å². The minimum atomic E-state index is -0.491. The molecule has 0 N–H and O–H groups in total. The zero-order chi connectivity index (χ0) is 15.5. The van der Waals surface area contributed by atoms with Crippen molar-refractivity contribution in [3.63, 3.8) is 0 Å². The van der Waals surface area contributed by atoms with Crippen molar-refractivity contribution in [3.8, 4) is 0 Å². The molecular weight excluding hydrogens is 284 g/mol. The van der Waals surface area contributed by atoms with Crippen LogP contribution in [0.5, 0.6) is 0 Å². The minimum absolute atomic E-state index is 0.453. The number of halogens is 2. The highest BCUT2D eigenvalue weighted by atomic mass is 19.1. The molecule has 22 heavy (non-hydrogen) atoms. The molecule has 0 bridgehead atoms. The van der Waals surface area contributed by atoms with E-state index in [1.54, 1.807) is 0 Å². The van der Waals surface area contributed by atoms with E-state index in [9.17, 15) is 8.78 Å². The maximum Gasteiger partial charge on any atom is 0.126 e. The third-order valence-corrected chi connectivity index (χ3v) is 4.25. The molecule has 2 heterocycles. The Hall–Kier alpha value is -1.75. The Morgan fingerprint density at radius 3 is 2.68 bits per heavy atom. The molecule has 3 rings (SSSR count). The quantitative estimate of drug-likeness (QED) is 0.845. The fraction of sp³-hybridized carbons (Fsp3) is 0.471. The van der Waals surface area contributed by atoms with Gasteiger partial charge in [-0.05, 0) is 49.9 Å². The van der Waals surface area contributed by atoms with Crippen LogP contribution in [0.3, 0.4) is 0 Å². The van der Waals surface area contributed by atoms with Gasteiger partial charge >= 0.3 is 0 Å². The monoisotopic (exact) mass is 305 g/mol. The van der Waals surface area contributed by atoms with E-state index >= 15 is 0 Å². The molecular formula is C17H21F2N3. The molecule has 1 atom stereocenters. The van der Waals surface area contributed by atoms with E-state index in [2.05, 4.69) is 27.6 Å². The number of likely N-dealkylation sites (tertiary alicyclic amines) is 1. The molecule has 3 nitrogen and oxygen atoms in total. The average Bonchev–Trinajstić information content (AvgIpc) is 3.07. The Morgan fingerprint density at radius 1 is 1.23 bits per heavy atom. The highest BCUT2D eigenvalue weighted by molar-refractivity contribution is 5.18. The lowest BCUT2D eigenvalue weighted by Gasteiger charge is -2.14. The van der Waals surface area contributed by atoms with Gasteiger partial charge in [0.1, 0.15) is 11.6 Å². The second-order valence-corrected chi connectivity index (χ2v) is 6.07. The normalized spacial score (nSPS) is 19.0. The van der Waals surface area contributed by atoms with Crippen LogP contribution in [0.25, 0.3) is 0 Å². The fourth-order valence-electron chi connectivity index (χ4n) is 3.18. The Morgan fingerprint density at radius 2 is 2.00 bits per heavy atom. The summed E-state index contributed by atoms with van der Waals surface area (Å²) in [6.07, 6.45) is 5.73. The van der Waals surface area contributed by atoms with E-state index < -0.39 is 11.6 Å². The Balaban J connectivity index is 1.55. The molecule has 1 aromatic carbocycles. The van der Waals surface area contributed by atoms with Crippen LogP contribution in [0.15, 0.2) is 30.7 Å². The van der Waals surface area contributed by atoms with Gasteiger partial charge in [0.2, 0.25) is 0 Å². The molecule has 0 radical (unpaired) electrons. The zero-order valence-electron chi connectivity index (χ0n) is 12.8. The molecule has 0 spiro atoms. The summed E-state index contributed by atoms with van der Waals surface area (Å²) in [7, 11) is 0. The molecule has 1 aromatic heterocycles. The van der Waals surface area contributed by atoms with Crippen LogP contribution in [-0.2, 0) is 19.5 Å². The standard InChI is InChI=1S/C17H21F2N3/c1-2-21-10-17(20-12-21)11-22-4-3-13(9-22)5-14-6-15(18)8-16(19)7-14/h6-8,10,12-13H,2-5,9,11H2,1H3. The second-order valence-electron chi connectivity index (χ2n) is 6.07. The summed E-state index contributed by atoms with van der Waals surface area (Å²) in [6.45, 7) is 5.84. The lowest BCUT2D eigenvalue weighted by atomic mass is 9.98. The number of imidazole rings is 1. The number of rotatable bonds is 5. The first-order valence-corrected chi connectivity index (χ1v) is 7.80. The number of hydrogen-bond acceptors (Lipinski definition) is 2. The summed E-state index contributed by atoms with van der Waals surface area (Å²) in [5.74, 6) is -0.528. The summed E-state index contributed by atoms with van der Waals surface area (Å²) in [6, 6.07) is 3.80. The van der Waals surface area contributed by atoms with Crippen molar-refractivity contribution in [2.24, 2.45) is 5.92 Å². The third kappa shape index (κ3) is 3.71. The molecule has 0 amide bonds. The van der Waals surface area contributed by atoms with Crippen molar-refractivity contribution < 1.29 is 8.78 Å². The summed E-state index contributed by atoms with van der Waals surface area (Å²) >= 11 is 0. The van der Waals surface area contributed by atoms with Gasteiger partial charge < -0.3 is 4.57 Å². The maximum absolute atomic E-state index is 13.2. The first-order valence-electron chi connectivity index (χ1n) is 7.80. The van der Waals surface area contributed by atoms with Crippen molar-refractivity contribution in [1.29, 1.82) is 0 Å². The molecule has 118 valence electrons. The Labute approximate surface area is 129 Å². The van der Waals surface area contributed by atoms with Crippen LogP contribution >= 0.6 is 0 Å². The first-order chi connectivity index (χ1) is 10.6. The third-order valence-electron chi connectivity index (χ3n) is 4.25. The highest BCUT2D eigenvalue weighted by Crippen LogP contribution is 2.23. The average molecular weight is 305 g/mol. The number of aryl methyl sites for hydroxylation is 1. The van der Waals surface area contributed by atoms with E-state index in [0.29, 0.717) is 5.92 Å². The molecule has 5 heteroatoms. The van der Waals surface area contributed by atoms with Gasteiger partial charge in [0.05, 0.1) is 12.0 Å². The lowest BCUT2D eigenvalue weighted by Crippen LogP contribution is -2.20. The van der Waals surface area contributed by atoms with E-state index in [0.717, 1.165) is 56.3 Å². The molecule has 1 aliphatic rings. The number of hydrogen-bond donors (Lipinski definition) is 0. The van der Waals surface area contributed by atoms with Crippen LogP contribution in [0, 0.1) is 17.6 Å². The van der Waals surface area contributed by atoms with Crippen LogP contribution < -0.4 is 0 Å². The van der Waals surface area contributed by atoms with Crippen LogP contribution in [0.1, 0.15) is 24.6 Å². The molecule has 2 aromatic rings. The maximum atomic E-state index is 13.2. The first kappa shape index (κ1) is 15.2. The molecule has 1 fully saturated rings. The number of benzene rings is 1. The SMILES string of the molecule is CCn1cnc(CN2CCC(Cc3cc(F)cc(F)c3)C2)c1. The van der Waals surface area contributed by atoms with Gasteiger partial charge in [-0.2, -0.15) is 0 Å². The van der Waals surface area contributed by atoms with Crippen molar-refractivity contribution in [3.05, 3.63) is 53.6 Å². The van der Waals surface area contributed by atoms with Crippen molar-refractivity contribution in [1.82, 2.24) is 14.5 Å². The van der Waals surface area contributed by atoms with Gasteiger partial charge in [-0.25, -0.2) is 13.8 Å².